The van der Waals surface area contributed by atoms with E-state index in [1.165, 1.54) is 19.2 Å². The van der Waals surface area contributed by atoms with Crippen molar-refractivity contribution < 1.29 is 27.4 Å². The third-order valence-electron chi connectivity index (χ3n) is 3.98. The number of rotatable bonds is 4. The Morgan fingerprint density at radius 1 is 1.45 bits per heavy atom. The third kappa shape index (κ3) is 2.93. The van der Waals surface area contributed by atoms with Gasteiger partial charge in [-0.05, 0) is 38.0 Å². The number of sulfonamides is 1. The number of methoxy groups -OCH3 is 1. The Morgan fingerprint density at radius 2 is 2.14 bits per heavy atom. The minimum atomic E-state index is -3.95. The molecule has 1 aliphatic heterocycles. The van der Waals surface area contributed by atoms with Crippen LogP contribution in [0.4, 0.5) is 4.39 Å². The molecule has 0 unspecified atom stereocenters. The summed E-state index contributed by atoms with van der Waals surface area (Å²) in [5, 5.41) is 9.18. The molecule has 2 atom stereocenters. The second-order valence-electron chi connectivity index (χ2n) is 5.24. The zero-order chi connectivity index (χ0) is 16.5. The van der Waals surface area contributed by atoms with E-state index >= 15 is 0 Å². The van der Waals surface area contributed by atoms with Crippen LogP contribution in [0.15, 0.2) is 23.1 Å². The Hall–Kier alpha value is -1.67. The van der Waals surface area contributed by atoms with Crippen molar-refractivity contribution in [3.05, 3.63) is 24.0 Å². The number of carboxylic acids is 1. The summed E-state index contributed by atoms with van der Waals surface area (Å²) in [5.41, 5.74) is 0. The third-order valence-corrected chi connectivity index (χ3v) is 5.96. The summed E-state index contributed by atoms with van der Waals surface area (Å²) in [6.07, 6.45) is 0.888. The molecule has 1 saturated heterocycles. The molecule has 6 nitrogen and oxygen atoms in total. The zero-order valence-electron chi connectivity index (χ0n) is 12.3. The van der Waals surface area contributed by atoms with Gasteiger partial charge in [0.15, 0.2) is 11.6 Å². The van der Waals surface area contributed by atoms with Gasteiger partial charge in [0.1, 0.15) is 0 Å². The minimum absolute atomic E-state index is 0.0472. The number of nitrogens with zero attached hydrogens (tertiary/aromatic N) is 1. The molecule has 0 radical (unpaired) electrons. The molecule has 0 spiro atoms. The van der Waals surface area contributed by atoms with E-state index < -0.39 is 33.8 Å². The highest BCUT2D eigenvalue weighted by molar-refractivity contribution is 7.89. The largest absolute Gasteiger partial charge is 0.494 e. The predicted octanol–water partition coefficient (Wildman–Crippen LogP) is 1.71. The lowest BCUT2D eigenvalue weighted by atomic mass is 9.92. The first kappa shape index (κ1) is 16.7. The van der Waals surface area contributed by atoms with Gasteiger partial charge in [0.25, 0.3) is 0 Å². The topological polar surface area (TPSA) is 83.9 Å². The number of benzene rings is 1. The standard InChI is InChI=1S/C14H18FNO5S/c1-9-11(14(17)18)4-3-7-16(9)22(19,20)10-5-6-13(21-2)12(15)8-10/h5-6,8-9,11H,3-4,7H2,1-2H3,(H,17,18)/t9-,11-/m0/s1. The van der Waals surface area contributed by atoms with E-state index in [0.29, 0.717) is 12.8 Å². The van der Waals surface area contributed by atoms with Gasteiger partial charge >= 0.3 is 5.97 Å². The van der Waals surface area contributed by atoms with Gasteiger partial charge in [0.05, 0.1) is 17.9 Å². The summed E-state index contributed by atoms with van der Waals surface area (Å²) < 4.78 is 44.9. The second kappa shape index (κ2) is 6.21. The van der Waals surface area contributed by atoms with Gasteiger partial charge in [0.2, 0.25) is 10.0 Å². The van der Waals surface area contributed by atoms with Crippen LogP contribution in [0, 0.1) is 11.7 Å². The van der Waals surface area contributed by atoms with E-state index in [9.17, 15) is 22.7 Å². The van der Waals surface area contributed by atoms with Crippen LogP contribution in [-0.2, 0) is 14.8 Å². The maximum absolute atomic E-state index is 13.7. The molecule has 1 fully saturated rings. The van der Waals surface area contributed by atoms with Crippen molar-refractivity contribution in [3.8, 4) is 5.75 Å². The number of hydrogen-bond acceptors (Lipinski definition) is 4. The number of carboxylic acid groups (broad SMARTS) is 1. The summed E-state index contributed by atoms with van der Waals surface area (Å²) >= 11 is 0. The highest BCUT2D eigenvalue weighted by atomic mass is 32.2. The number of hydrogen-bond donors (Lipinski definition) is 1. The van der Waals surface area contributed by atoms with Crippen LogP contribution in [0.5, 0.6) is 5.75 Å². The first-order valence-electron chi connectivity index (χ1n) is 6.87. The van der Waals surface area contributed by atoms with E-state index in [2.05, 4.69) is 0 Å². The van der Waals surface area contributed by atoms with Gasteiger partial charge in [-0.15, -0.1) is 0 Å². The quantitative estimate of drug-likeness (QED) is 0.908. The molecular formula is C14H18FNO5S. The molecule has 0 aromatic heterocycles. The van der Waals surface area contributed by atoms with Crippen molar-refractivity contribution in [1.82, 2.24) is 4.31 Å². The maximum Gasteiger partial charge on any atom is 0.308 e. The molecule has 1 heterocycles. The summed E-state index contributed by atoms with van der Waals surface area (Å²) in [4.78, 5) is 11.0. The van der Waals surface area contributed by atoms with Crippen LogP contribution < -0.4 is 4.74 Å². The Kier molecular flexibility index (Phi) is 4.72. The zero-order valence-corrected chi connectivity index (χ0v) is 13.1. The van der Waals surface area contributed by atoms with Crippen LogP contribution in [0.25, 0.3) is 0 Å². The number of carbonyl (C=O) groups is 1. The SMILES string of the molecule is COc1ccc(S(=O)(=O)N2CCC[C@H](C(=O)O)[C@@H]2C)cc1F. The fourth-order valence-corrected chi connectivity index (χ4v) is 4.44. The van der Waals surface area contributed by atoms with Crippen LogP contribution in [0.2, 0.25) is 0 Å². The normalized spacial score (nSPS) is 23.2. The second-order valence-corrected chi connectivity index (χ2v) is 7.13. The van der Waals surface area contributed by atoms with Crippen LogP contribution in [0.1, 0.15) is 19.8 Å². The van der Waals surface area contributed by atoms with Crippen LogP contribution in [0.3, 0.4) is 0 Å². The lowest BCUT2D eigenvalue weighted by Crippen LogP contribution is -2.48. The van der Waals surface area contributed by atoms with Crippen molar-refractivity contribution >= 4 is 16.0 Å². The average molecular weight is 331 g/mol. The molecule has 1 aliphatic rings. The summed E-state index contributed by atoms with van der Waals surface area (Å²) in [7, 11) is -2.66. The molecule has 0 saturated carbocycles. The van der Waals surface area contributed by atoms with Gasteiger partial charge in [-0.3, -0.25) is 4.79 Å². The van der Waals surface area contributed by atoms with Gasteiger partial charge in [0, 0.05) is 12.6 Å². The van der Waals surface area contributed by atoms with Gasteiger partial charge in [-0.2, -0.15) is 4.31 Å². The smallest absolute Gasteiger partial charge is 0.308 e. The molecule has 0 bridgehead atoms. The van der Waals surface area contributed by atoms with E-state index in [1.54, 1.807) is 6.92 Å². The first-order valence-corrected chi connectivity index (χ1v) is 8.31. The Morgan fingerprint density at radius 3 is 2.68 bits per heavy atom. The van der Waals surface area contributed by atoms with E-state index in [1.807, 2.05) is 0 Å². The highest BCUT2D eigenvalue weighted by Crippen LogP contribution is 2.30. The van der Waals surface area contributed by atoms with E-state index in [0.717, 1.165) is 10.4 Å². The molecule has 2 rings (SSSR count). The Balaban J connectivity index is 2.37. The highest BCUT2D eigenvalue weighted by Gasteiger charge is 2.39. The molecule has 22 heavy (non-hydrogen) atoms. The van der Waals surface area contributed by atoms with Crippen molar-refractivity contribution in [2.24, 2.45) is 5.92 Å². The van der Waals surface area contributed by atoms with Gasteiger partial charge < -0.3 is 9.84 Å². The molecule has 1 N–H and O–H groups in total. The summed E-state index contributed by atoms with van der Waals surface area (Å²) in [6, 6.07) is 2.71. The van der Waals surface area contributed by atoms with E-state index in [-0.39, 0.29) is 17.2 Å². The van der Waals surface area contributed by atoms with Crippen LogP contribution in [-0.4, -0.2) is 43.5 Å². The number of ether oxygens (including phenoxy) is 1. The number of aliphatic carboxylic acids is 1. The lowest BCUT2D eigenvalue weighted by molar-refractivity contribution is -0.144. The first-order chi connectivity index (χ1) is 10.3. The minimum Gasteiger partial charge on any atom is -0.494 e. The van der Waals surface area contributed by atoms with Crippen molar-refractivity contribution in [2.45, 2.75) is 30.7 Å². The van der Waals surface area contributed by atoms with Crippen molar-refractivity contribution in [1.29, 1.82) is 0 Å². The fourth-order valence-electron chi connectivity index (χ4n) is 2.72. The average Bonchev–Trinajstić information content (AvgIpc) is 2.46. The fraction of sp³-hybridized carbons (Fsp3) is 0.500. The summed E-state index contributed by atoms with van der Waals surface area (Å²) in [5.74, 6) is -2.60. The molecule has 0 aliphatic carbocycles. The molecule has 1 aromatic carbocycles. The van der Waals surface area contributed by atoms with Gasteiger partial charge in [-0.25, -0.2) is 12.8 Å². The summed E-state index contributed by atoms with van der Waals surface area (Å²) in [6.45, 7) is 1.79. The maximum atomic E-state index is 13.7. The Labute approximate surface area is 128 Å². The van der Waals surface area contributed by atoms with Crippen molar-refractivity contribution in [3.63, 3.8) is 0 Å². The van der Waals surface area contributed by atoms with Gasteiger partial charge in [-0.1, -0.05) is 0 Å². The Bertz CT molecular complexity index is 676. The predicted molar refractivity (Wildman–Crippen MR) is 76.7 cm³/mol. The number of halogens is 1. The lowest BCUT2D eigenvalue weighted by Gasteiger charge is -2.36. The molecule has 122 valence electrons. The monoisotopic (exact) mass is 331 g/mol. The molecule has 8 heteroatoms. The van der Waals surface area contributed by atoms with Crippen LogP contribution >= 0.6 is 0 Å². The van der Waals surface area contributed by atoms with Crippen molar-refractivity contribution in [2.75, 3.05) is 13.7 Å². The number of piperidine rings is 1. The molecule has 0 amide bonds. The molecular weight excluding hydrogens is 313 g/mol. The molecule has 1 aromatic rings. The van der Waals surface area contributed by atoms with E-state index in [4.69, 9.17) is 4.74 Å².